The Morgan fingerprint density at radius 2 is 2.18 bits per heavy atom. The van der Waals surface area contributed by atoms with Crippen LogP contribution in [0.25, 0.3) is 10.9 Å². The predicted molar refractivity (Wildman–Crippen MR) is 67.5 cm³/mol. The number of terminal acetylenes is 1. The van der Waals surface area contributed by atoms with E-state index in [0.29, 0.717) is 18.5 Å². The van der Waals surface area contributed by atoms with Crippen molar-refractivity contribution in [1.82, 2.24) is 10.3 Å². The monoisotopic (exact) mass is 224 g/mol. The number of carbonyl (C=O) groups is 1. The molecule has 0 unspecified atom stereocenters. The fourth-order valence-corrected chi connectivity index (χ4v) is 1.64. The SMILES string of the molecule is C#CCCNC(=O)c1ccnc2ccccc12. The average Bonchev–Trinajstić information content (AvgIpc) is 2.38. The van der Waals surface area contributed by atoms with E-state index < -0.39 is 0 Å². The lowest BCUT2D eigenvalue weighted by Crippen LogP contribution is -2.24. The van der Waals surface area contributed by atoms with Gasteiger partial charge in [0.05, 0.1) is 11.1 Å². The second kappa shape index (κ2) is 5.13. The molecule has 3 nitrogen and oxygen atoms in total. The fourth-order valence-electron chi connectivity index (χ4n) is 1.64. The molecule has 2 rings (SSSR count). The molecule has 0 spiro atoms. The van der Waals surface area contributed by atoms with Crippen molar-refractivity contribution in [1.29, 1.82) is 0 Å². The van der Waals surface area contributed by atoms with Crippen molar-refractivity contribution >= 4 is 16.8 Å². The van der Waals surface area contributed by atoms with Crippen LogP contribution in [-0.4, -0.2) is 17.4 Å². The van der Waals surface area contributed by atoms with Crippen molar-refractivity contribution in [2.75, 3.05) is 6.54 Å². The highest BCUT2D eigenvalue weighted by Crippen LogP contribution is 2.15. The normalized spacial score (nSPS) is 9.82. The van der Waals surface area contributed by atoms with Crippen molar-refractivity contribution in [3.8, 4) is 12.3 Å². The summed E-state index contributed by atoms with van der Waals surface area (Å²) in [5, 5.41) is 3.64. The summed E-state index contributed by atoms with van der Waals surface area (Å²) in [5.74, 6) is 2.37. The number of hydrogen-bond acceptors (Lipinski definition) is 2. The maximum atomic E-state index is 11.9. The first kappa shape index (κ1) is 11.2. The molecule has 1 aromatic heterocycles. The molecule has 0 atom stereocenters. The first-order valence-corrected chi connectivity index (χ1v) is 5.38. The van der Waals surface area contributed by atoms with Crippen molar-refractivity contribution in [2.45, 2.75) is 6.42 Å². The third-order valence-electron chi connectivity index (χ3n) is 2.45. The standard InChI is InChI=1S/C14H12N2O/c1-2-3-9-16-14(17)12-8-10-15-13-7-5-4-6-11(12)13/h1,4-8,10H,3,9H2,(H,16,17). The van der Waals surface area contributed by atoms with E-state index in [1.54, 1.807) is 12.3 Å². The van der Waals surface area contributed by atoms with Crippen LogP contribution in [0.3, 0.4) is 0 Å². The van der Waals surface area contributed by atoms with Crippen LogP contribution in [0.15, 0.2) is 36.5 Å². The molecule has 1 aromatic carbocycles. The molecule has 1 heterocycles. The molecule has 2 aromatic rings. The molecule has 0 radical (unpaired) electrons. The van der Waals surface area contributed by atoms with E-state index in [1.807, 2.05) is 24.3 Å². The number of aromatic nitrogens is 1. The molecule has 17 heavy (non-hydrogen) atoms. The van der Waals surface area contributed by atoms with Gasteiger partial charge in [0, 0.05) is 24.5 Å². The Balaban J connectivity index is 2.29. The van der Waals surface area contributed by atoms with Gasteiger partial charge in [-0.1, -0.05) is 18.2 Å². The lowest BCUT2D eigenvalue weighted by atomic mass is 10.1. The summed E-state index contributed by atoms with van der Waals surface area (Å²) in [6, 6.07) is 9.27. The Bertz CT molecular complexity index is 579. The van der Waals surface area contributed by atoms with E-state index in [9.17, 15) is 4.79 Å². The maximum Gasteiger partial charge on any atom is 0.252 e. The molecule has 0 bridgehead atoms. The highest BCUT2D eigenvalue weighted by Gasteiger charge is 2.08. The smallest absolute Gasteiger partial charge is 0.252 e. The topological polar surface area (TPSA) is 42.0 Å². The summed E-state index contributed by atoms with van der Waals surface area (Å²) in [4.78, 5) is 16.1. The van der Waals surface area contributed by atoms with Crippen molar-refractivity contribution in [3.05, 3.63) is 42.1 Å². The Hall–Kier alpha value is -2.34. The van der Waals surface area contributed by atoms with Crippen LogP contribution >= 0.6 is 0 Å². The Morgan fingerprint density at radius 3 is 3.00 bits per heavy atom. The van der Waals surface area contributed by atoms with Crippen LogP contribution in [0.1, 0.15) is 16.8 Å². The third kappa shape index (κ3) is 2.43. The Labute approximate surface area is 99.9 Å². The summed E-state index contributed by atoms with van der Waals surface area (Å²) in [5.41, 5.74) is 1.45. The van der Waals surface area contributed by atoms with Gasteiger partial charge in [0.1, 0.15) is 0 Å². The fraction of sp³-hybridized carbons (Fsp3) is 0.143. The van der Waals surface area contributed by atoms with Gasteiger partial charge in [0.25, 0.3) is 5.91 Å². The molecular formula is C14H12N2O. The lowest BCUT2D eigenvalue weighted by molar-refractivity contribution is 0.0956. The highest BCUT2D eigenvalue weighted by atomic mass is 16.1. The molecule has 84 valence electrons. The molecular weight excluding hydrogens is 212 g/mol. The van der Waals surface area contributed by atoms with Crippen LogP contribution in [0.2, 0.25) is 0 Å². The zero-order valence-corrected chi connectivity index (χ0v) is 9.31. The molecule has 0 fully saturated rings. The Morgan fingerprint density at radius 1 is 1.35 bits per heavy atom. The van der Waals surface area contributed by atoms with Gasteiger partial charge in [-0.3, -0.25) is 9.78 Å². The minimum absolute atomic E-state index is 0.112. The van der Waals surface area contributed by atoms with Gasteiger partial charge in [-0.2, -0.15) is 0 Å². The minimum Gasteiger partial charge on any atom is -0.351 e. The second-order valence-corrected chi connectivity index (χ2v) is 3.59. The summed E-state index contributed by atoms with van der Waals surface area (Å²) < 4.78 is 0. The van der Waals surface area contributed by atoms with E-state index in [2.05, 4.69) is 16.2 Å². The van der Waals surface area contributed by atoms with Gasteiger partial charge >= 0.3 is 0 Å². The molecule has 3 heteroatoms. The van der Waals surface area contributed by atoms with Gasteiger partial charge in [-0.15, -0.1) is 12.3 Å². The van der Waals surface area contributed by atoms with E-state index >= 15 is 0 Å². The molecule has 0 aliphatic carbocycles. The van der Waals surface area contributed by atoms with E-state index in [0.717, 1.165) is 10.9 Å². The van der Waals surface area contributed by atoms with Gasteiger partial charge in [-0.25, -0.2) is 0 Å². The number of hydrogen-bond donors (Lipinski definition) is 1. The number of nitrogens with one attached hydrogen (secondary N) is 1. The number of benzene rings is 1. The zero-order valence-electron chi connectivity index (χ0n) is 9.31. The van der Waals surface area contributed by atoms with Crippen molar-refractivity contribution < 1.29 is 4.79 Å². The number of carbonyl (C=O) groups excluding carboxylic acids is 1. The van der Waals surface area contributed by atoms with E-state index in [4.69, 9.17) is 6.42 Å². The van der Waals surface area contributed by atoms with E-state index in [-0.39, 0.29) is 5.91 Å². The number of rotatable bonds is 3. The molecule has 0 aliphatic rings. The highest BCUT2D eigenvalue weighted by molar-refractivity contribution is 6.05. The summed E-state index contributed by atoms with van der Waals surface area (Å²) in [6.07, 6.45) is 7.31. The van der Waals surface area contributed by atoms with Crippen LogP contribution in [-0.2, 0) is 0 Å². The van der Waals surface area contributed by atoms with Crippen molar-refractivity contribution in [3.63, 3.8) is 0 Å². The molecule has 0 aliphatic heterocycles. The van der Waals surface area contributed by atoms with Crippen LogP contribution < -0.4 is 5.32 Å². The largest absolute Gasteiger partial charge is 0.351 e. The third-order valence-corrected chi connectivity index (χ3v) is 2.45. The van der Waals surface area contributed by atoms with Gasteiger partial charge in [-0.05, 0) is 12.1 Å². The van der Waals surface area contributed by atoms with Gasteiger partial charge in [0.15, 0.2) is 0 Å². The second-order valence-electron chi connectivity index (χ2n) is 3.59. The number of pyridine rings is 1. The van der Waals surface area contributed by atoms with Gasteiger partial charge in [0.2, 0.25) is 0 Å². The van der Waals surface area contributed by atoms with Gasteiger partial charge < -0.3 is 5.32 Å². The maximum absolute atomic E-state index is 11.9. The quantitative estimate of drug-likeness (QED) is 0.640. The Kier molecular flexibility index (Phi) is 3.37. The minimum atomic E-state index is -0.112. The number of para-hydroxylation sites is 1. The van der Waals surface area contributed by atoms with Crippen molar-refractivity contribution in [2.24, 2.45) is 0 Å². The summed E-state index contributed by atoms with van der Waals surface area (Å²) in [6.45, 7) is 0.492. The van der Waals surface area contributed by atoms with Crippen LogP contribution in [0.5, 0.6) is 0 Å². The molecule has 0 saturated carbocycles. The zero-order chi connectivity index (χ0) is 12.1. The van der Waals surface area contributed by atoms with Crippen LogP contribution in [0.4, 0.5) is 0 Å². The number of nitrogens with zero attached hydrogens (tertiary/aromatic N) is 1. The lowest BCUT2D eigenvalue weighted by Gasteiger charge is -2.06. The van der Waals surface area contributed by atoms with E-state index in [1.165, 1.54) is 0 Å². The number of fused-ring (bicyclic) bond motifs is 1. The number of amides is 1. The molecule has 1 N–H and O–H groups in total. The molecule has 1 amide bonds. The summed E-state index contributed by atoms with van der Waals surface area (Å²) >= 11 is 0. The van der Waals surface area contributed by atoms with Crippen LogP contribution in [0, 0.1) is 12.3 Å². The molecule has 0 saturated heterocycles. The average molecular weight is 224 g/mol. The summed E-state index contributed by atoms with van der Waals surface area (Å²) in [7, 11) is 0. The first-order chi connectivity index (χ1) is 8.33. The predicted octanol–water partition coefficient (Wildman–Crippen LogP) is 1.99. The first-order valence-electron chi connectivity index (χ1n) is 5.38.